The highest BCUT2D eigenvalue weighted by Gasteiger charge is 2.32. The minimum Gasteiger partial charge on any atom is -0.494 e. The number of anilines is 3. The van der Waals surface area contributed by atoms with Crippen molar-refractivity contribution in [3.63, 3.8) is 0 Å². The molecule has 1 aliphatic rings. The van der Waals surface area contributed by atoms with Gasteiger partial charge in [-0.25, -0.2) is 4.98 Å². The molecule has 0 aliphatic carbocycles. The topological polar surface area (TPSA) is 120 Å². The first kappa shape index (κ1) is 26.9. The molecule has 0 bridgehead atoms. The van der Waals surface area contributed by atoms with E-state index in [2.05, 4.69) is 20.6 Å². The van der Waals surface area contributed by atoms with Gasteiger partial charge in [-0.1, -0.05) is 6.07 Å². The summed E-state index contributed by atoms with van der Waals surface area (Å²) in [6.45, 7) is 2.06. The summed E-state index contributed by atoms with van der Waals surface area (Å²) in [5.41, 5.74) is -0.457. The molecule has 1 fully saturated rings. The molecule has 4 aromatic rings. The quantitative estimate of drug-likeness (QED) is 0.234. The van der Waals surface area contributed by atoms with Gasteiger partial charge in [-0.3, -0.25) is 9.59 Å². The SMILES string of the molecule is CC(=O)N1CCCC1COc1cc(NC(=O)c2cccnc2Nc2cccc3c(O)[nH]cc23)cc(C(F)(F)F)c1. The molecule has 1 saturated heterocycles. The lowest BCUT2D eigenvalue weighted by Gasteiger charge is -2.23. The number of aromatic hydroxyl groups is 1. The first-order chi connectivity index (χ1) is 19.1. The van der Waals surface area contributed by atoms with Gasteiger partial charge in [0.2, 0.25) is 5.91 Å². The van der Waals surface area contributed by atoms with Crippen LogP contribution >= 0.6 is 0 Å². The maximum Gasteiger partial charge on any atom is 0.416 e. The van der Waals surface area contributed by atoms with E-state index >= 15 is 0 Å². The lowest BCUT2D eigenvalue weighted by Crippen LogP contribution is -2.37. The van der Waals surface area contributed by atoms with Crippen molar-refractivity contribution in [1.29, 1.82) is 0 Å². The Bertz CT molecular complexity index is 1570. The smallest absolute Gasteiger partial charge is 0.416 e. The second-order valence-electron chi connectivity index (χ2n) is 9.45. The molecule has 3 heterocycles. The number of likely N-dealkylation sites (tertiary alicyclic amines) is 1. The zero-order chi connectivity index (χ0) is 28.4. The highest BCUT2D eigenvalue weighted by atomic mass is 19.4. The molecular formula is C28H26F3N5O4. The lowest BCUT2D eigenvalue weighted by molar-refractivity contribution is -0.137. The fourth-order valence-electron chi connectivity index (χ4n) is 4.80. The molecule has 12 heteroatoms. The number of hydrogen-bond donors (Lipinski definition) is 4. The molecule has 1 atom stereocenters. The minimum atomic E-state index is -4.68. The first-order valence-corrected chi connectivity index (χ1v) is 12.5. The molecule has 1 unspecified atom stereocenters. The summed E-state index contributed by atoms with van der Waals surface area (Å²) in [5, 5.41) is 16.8. The number of hydrogen-bond acceptors (Lipinski definition) is 6. The average Bonchev–Trinajstić information content (AvgIpc) is 3.55. The maximum absolute atomic E-state index is 13.7. The standard InChI is InChI=1S/C28H26F3N5O4/c1-16(37)36-10-4-5-19(36)15-40-20-12-17(28(29,30)31)11-18(13-20)34-27(39)22-7-3-9-32-25(22)35-24-8-2-6-21-23(24)14-33-26(21)38/h2-3,6-9,11-14,19,33,38H,4-5,10,15H2,1H3,(H,32,35)(H,34,39). The summed E-state index contributed by atoms with van der Waals surface area (Å²) >= 11 is 0. The van der Waals surface area contributed by atoms with Gasteiger partial charge in [-0.15, -0.1) is 0 Å². The number of aromatic nitrogens is 2. The summed E-state index contributed by atoms with van der Waals surface area (Å²) in [6.07, 6.45) is -0.133. The molecule has 1 aliphatic heterocycles. The number of H-pyrrole nitrogens is 1. The van der Waals surface area contributed by atoms with E-state index in [1.54, 1.807) is 29.3 Å². The van der Waals surface area contributed by atoms with Gasteiger partial charge in [0.1, 0.15) is 18.2 Å². The van der Waals surface area contributed by atoms with Crippen molar-refractivity contribution in [2.45, 2.75) is 32.0 Å². The van der Waals surface area contributed by atoms with Crippen molar-refractivity contribution in [3.8, 4) is 11.6 Å². The Kier molecular flexibility index (Phi) is 7.24. The number of alkyl halides is 3. The molecule has 208 valence electrons. The Morgan fingerprint density at radius 1 is 1.18 bits per heavy atom. The number of aromatic amines is 1. The predicted molar refractivity (Wildman–Crippen MR) is 143 cm³/mol. The Balaban J connectivity index is 1.38. The normalized spacial score (nSPS) is 15.3. The van der Waals surface area contributed by atoms with Gasteiger partial charge in [0.05, 0.1) is 17.2 Å². The van der Waals surface area contributed by atoms with Gasteiger partial charge in [0, 0.05) is 54.1 Å². The number of carbonyl (C=O) groups excluding carboxylic acids is 2. The zero-order valence-corrected chi connectivity index (χ0v) is 21.4. The predicted octanol–water partition coefficient (Wildman–Crippen LogP) is 5.67. The van der Waals surface area contributed by atoms with E-state index in [0.717, 1.165) is 18.6 Å². The summed E-state index contributed by atoms with van der Waals surface area (Å²) in [5.74, 6) is -0.731. The fourth-order valence-corrected chi connectivity index (χ4v) is 4.80. The van der Waals surface area contributed by atoms with E-state index in [4.69, 9.17) is 4.74 Å². The minimum absolute atomic E-state index is 0.0119. The van der Waals surface area contributed by atoms with Gasteiger partial charge >= 0.3 is 6.18 Å². The summed E-state index contributed by atoms with van der Waals surface area (Å²) in [6, 6.07) is 11.0. The van der Waals surface area contributed by atoms with Crippen LogP contribution in [-0.4, -0.2) is 51.0 Å². The monoisotopic (exact) mass is 553 g/mol. The molecule has 2 aromatic heterocycles. The number of pyridine rings is 1. The van der Waals surface area contributed by atoms with Gasteiger partial charge in [0.15, 0.2) is 5.88 Å². The molecule has 2 amide bonds. The largest absolute Gasteiger partial charge is 0.494 e. The van der Waals surface area contributed by atoms with Gasteiger partial charge in [-0.05, 0) is 49.2 Å². The van der Waals surface area contributed by atoms with Crippen LogP contribution in [0.1, 0.15) is 35.7 Å². The van der Waals surface area contributed by atoms with Crippen LogP contribution < -0.4 is 15.4 Å². The summed E-state index contributed by atoms with van der Waals surface area (Å²) in [7, 11) is 0. The van der Waals surface area contributed by atoms with E-state index in [1.807, 2.05) is 0 Å². The molecule has 0 radical (unpaired) electrons. The van der Waals surface area contributed by atoms with Crippen molar-refractivity contribution >= 4 is 39.8 Å². The lowest BCUT2D eigenvalue weighted by atomic mass is 10.1. The zero-order valence-electron chi connectivity index (χ0n) is 21.4. The fraction of sp³-hybridized carbons (Fsp3) is 0.250. The van der Waals surface area contributed by atoms with E-state index in [-0.39, 0.29) is 47.3 Å². The van der Waals surface area contributed by atoms with Gasteiger partial charge in [-0.2, -0.15) is 13.2 Å². The molecular weight excluding hydrogens is 527 g/mol. The number of amides is 2. The maximum atomic E-state index is 13.7. The Morgan fingerprint density at radius 3 is 2.77 bits per heavy atom. The highest BCUT2D eigenvalue weighted by molar-refractivity contribution is 6.08. The number of carbonyl (C=O) groups is 2. The van der Waals surface area contributed by atoms with E-state index < -0.39 is 17.6 Å². The summed E-state index contributed by atoms with van der Waals surface area (Å²) in [4.78, 5) is 33.7. The molecule has 0 saturated carbocycles. The number of nitrogens with one attached hydrogen (secondary N) is 3. The Hall–Kier alpha value is -4.74. The van der Waals surface area contributed by atoms with E-state index in [1.165, 1.54) is 31.3 Å². The number of benzene rings is 2. The third kappa shape index (κ3) is 5.65. The van der Waals surface area contributed by atoms with Crippen LogP contribution in [0.3, 0.4) is 0 Å². The Labute approximate surface area is 227 Å². The third-order valence-electron chi connectivity index (χ3n) is 6.74. The molecule has 40 heavy (non-hydrogen) atoms. The highest BCUT2D eigenvalue weighted by Crippen LogP contribution is 2.35. The van der Waals surface area contributed by atoms with Crippen LogP contribution in [0.2, 0.25) is 0 Å². The van der Waals surface area contributed by atoms with E-state index in [9.17, 15) is 27.9 Å². The average molecular weight is 554 g/mol. The second kappa shape index (κ2) is 10.8. The van der Waals surface area contributed by atoms with Crippen molar-refractivity contribution in [2.75, 3.05) is 23.8 Å². The number of ether oxygens (including phenoxy) is 1. The molecule has 0 spiro atoms. The third-order valence-corrected chi connectivity index (χ3v) is 6.74. The van der Waals surface area contributed by atoms with Gasteiger partial charge in [0.25, 0.3) is 5.91 Å². The van der Waals surface area contributed by atoms with Crippen LogP contribution in [0.25, 0.3) is 10.8 Å². The molecule has 5 rings (SSSR count). The number of fused-ring (bicyclic) bond motifs is 1. The second-order valence-corrected chi connectivity index (χ2v) is 9.45. The number of rotatable bonds is 7. The van der Waals surface area contributed by atoms with Crippen LogP contribution in [0.4, 0.5) is 30.4 Å². The van der Waals surface area contributed by atoms with Gasteiger partial charge < -0.3 is 30.4 Å². The van der Waals surface area contributed by atoms with Crippen LogP contribution in [0, 0.1) is 0 Å². The van der Waals surface area contributed by atoms with Crippen molar-refractivity contribution in [3.05, 3.63) is 72.1 Å². The number of halogens is 3. The Morgan fingerprint density at radius 2 is 2.00 bits per heavy atom. The van der Waals surface area contributed by atoms with Crippen LogP contribution in [-0.2, 0) is 11.0 Å². The van der Waals surface area contributed by atoms with E-state index in [0.29, 0.717) is 29.4 Å². The first-order valence-electron chi connectivity index (χ1n) is 12.5. The molecule has 4 N–H and O–H groups in total. The number of nitrogens with zero attached hydrogens (tertiary/aromatic N) is 2. The summed E-state index contributed by atoms with van der Waals surface area (Å²) < 4.78 is 46.8. The molecule has 2 aromatic carbocycles. The molecule has 9 nitrogen and oxygen atoms in total. The van der Waals surface area contributed by atoms with Crippen LogP contribution in [0.15, 0.2) is 60.9 Å². The van der Waals surface area contributed by atoms with Crippen molar-refractivity contribution in [2.24, 2.45) is 0 Å². The van der Waals surface area contributed by atoms with Crippen molar-refractivity contribution in [1.82, 2.24) is 14.9 Å². The van der Waals surface area contributed by atoms with Crippen molar-refractivity contribution < 1.29 is 32.6 Å². The van der Waals surface area contributed by atoms with Crippen LogP contribution in [0.5, 0.6) is 11.6 Å².